The second-order valence-electron chi connectivity index (χ2n) is 9.62. The fraction of sp³-hybridized carbons (Fsp3) is 0.708. The Bertz CT molecular complexity index is 741. The minimum atomic E-state index is -0.449. The van der Waals surface area contributed by atoms with Crippen LogP contribution in [0.1, 0.15) is 47.0 Å². The van der Waals surface area contributed by atoms with Gasteiger partial charge >= 0.3 is 6.09 Å². The fourth-order valence-electron chi connectivity index (χ4n) is 4.26. The Morgan fingerprint density at radius 2 is 1.97 bits per heavy atom. The van der Waals surface area contributed by atoms with Gasteiger partial charge in [0.25, 0.3) is 0 Å². The number of piperazine rings is 1. The smallest absolute Gasteiger partial charge is 0.410 e. The number of likely N-dealkylation sites (tertiary alicyclic amines) is 1. The first-order valence-electron chi connectivity index (χ1n) is 12.0. The number of carbonyl (C=O) groups is 1. The summed E-state index contributed by atoms with van der Waals surface area (Å²) < 4.78 is 5.55. The third-order valence-electron chi connectivity index (χ3n) is 5.86. The van der Waals surface area contributed by atoms with Crippen LogP contribution < -0.4 is 10.2 Å². The molecular weight excluding hydrogens is 404 g/mol. The van der Waals surface area contributed by atoms with E-state index in [4.69, 9.17) is 9.73 Å². The zero-order chi connectivity index (χ0) is 23.0. The number of aromatic nitrogens is 1. The summed E-state index contributed by atoms with van der Waals surface area (Å²) >= 11 is 0. The molecule has 0 spiro atoms. The zero-order valence-electron chi connectivity index (χ0n) is 20.2. The van der Waals surface area contributed by atoms with Gasteiger partial charge in [0.05, 0.1) is 0 Å². The highest BCUT2D eigenvalue weighted by atomic mass is 16.6. The average molecular weight is 445 g/mol. The van der Waals surface area contributed by atoms with Crippen molar-refractivity contribution in [1.82, 2.24) is 20.1 Å². The molecule has 0 saturated carbocycles. The molecule has 3 heterocycles. The van der Waals surface area contributed by atoms with Gasteiger partial charge in [-0.15, -0.1) is 0 Å². The number of amides is 1. The minimum absolute atomic E-state index is 0.190. The van der Waals surface area contributed by atoms with Crippen molar-refractivity contribution in [3.63, 3.8) is 0 Å². The Hall–Kier alpha value is -2.51. The summed E-state index contributed by atoms with van der Waals surface area (Å²) in [7, 11) is 0. The van der Waals surface area contributed by atoms with Crippen LogP contribution in [0.3, 0.4) is 0 Å². The molecule has 1 atom stereocenters. The topological polar surface area (TPSA) is 73.3 Å². The van der Waals surface area contributed by atoms with Gasteiger partial charge in [0.2, 0.25) is 0 Å². The lowest BCUT2D eigenvalue weighted by atomic mass is 9.95. The van der Waals surface area contributed by atoms with E-state index >= 15 is 0 Å². The quantitative estimate of drug-likeness (QED) is 0.555. The molecule has 3 rings (SSSR count). The van der Waals surface area contributed by atoms with Crippen molar-refractivity contribution in [3.05, 3.63) is 24.4 Å². The van der Waals surface area contributed by atoms with Crippen LogP contribution in [0.5, 0.6) is 0 Å². The number of ether oxygens (including phenoxy) is 1. The summed E-state index contributed by atoms with van der Waals surface area (Å²) in [6.07, 6.45) is 4.83. The third kappa shape index (κ3) is 7.28. The van der Waals surface area contributed by atoms with Crippen molar-refractivity contribution >= 4 is 17.9 Å². The molecule has 2 fully saturated rings. The van der Waals surface area contributed by atoms with E-state index in [1.54, 1.807) is 0 Å². The number of hydrogen-bond donors (Lipinski definition) is 1. The van der Waals surface area contributed by atoms with Gasteiger partial charge in [-0.3, -0.25) is 4.99 Å². The molecule has 32 heavy (non-hydrogen) atoms. The summed E-state index contributed by atoms with van der Waals surface area (Å²) in [5, 5.41) is 3.45. The van der Waals surface area contributed by atoms with E-state index in [1.165, 1.54) is 0 Å². The van der Waals surface area contributed by atoms with Crippen LogP contribution in [-0.2, 0) is 4.74 Å². The highest BCUT2D eigenvalue weighted by Crippen LogP contribution is 2.22. The van der Waals surface area contributed by atoms with Gasteiger partial charge in [0.15, 0.2) is 5.96 Å². The van der Waals surface area contributed by atoms with Crippen molar-refractivity contribution in [2.75, 3.05) is 57.3 Å². The van der Waals surface area contributed by atoms with E-state index in [9.17, 15) is 4.79 Å². The van der Waals surface area contributed by atoms with E-state index < -0.39 is 5.60 Å². The van der Waals surface area contributed by atoms with Crippen molar-refractivity contribution in [2.45, 2.75) is 52.6 Å². The highest BCUT2D eigenvalue weighted by Gasteiger charge is 2.27. The number of piperidine rings is 1. The number of anilines is 1. The van der Waals surface area contributed by atoms with Gasteiger partial charge in [0.1, 0.15) is 11.4 Å². The van der Waals surface area contributed by atoms with E-state index in [2.05, 4.69) is 33.1 Å². The SMILES string of the molecule is CCNC(=NCCC1CCCN(C(=O)OC(C)(C)C)C1)N1CCN(c2ccccn2)CC1. The summed E-state index contributed by atoms with van der Waals surface area (Å²) in [4.78, 5) is 28.3. The van der Waals surface area contributed by atoms with E-state index in [1.807, 2.05) is 44.0 Å². The molecule has 8 heteroatoms. The molecule has 0 bridgehead atoms. The third-order valence-corrected chi connectivity index (χ3v) is 5.86. The normalized spacial score (nSPS) is 20.3. The molecule has 2 saturated heterocycles. The monoisotopic (exact) mass is 444 g/mol. The number of rotatable bonds is 5. The first kappa shape index (κ1) is 24.1. The number of guanidine groups is 1. The van der Waals surface area contributed by atoms with E-state index in [0.29, 0.717) is 5.92 Å². The van der Waals surface area contributed by atoms with Gasteiger partial charge in [0, 0.05) is 58.6 Å². The molecule has 0 aromatic carbocycles. The summed E-state index contributed by atoms with van der Waals surface area (Å²) in [6.45, 7) is 14.8. The molecule has 8 nitrogen and oxygen atoms in total. The number of nitrogens with one attached hydrogen (secondary N) is 1. The summed E-state index contributed by atoms with van der Waals surface area (Å²) in [6, 6.07) is 6.06. The van der Waals surface area contributed by atoms with Crippen LogP contribution >= 0.6 is 0 Å². The predicted molar refractivity (Wildman–Crippen MR) is 129 cm³/mol. The van der Waals surface area contributed by atoms with Crippen molar-refractivity contribution in [3.8, 4) is 0 Å². The summed E-state index contributed by atoms with van der Waals surface area (Å²) in [5.74, 6) is 2.51. The van der Waals surface area contributed by atoms with Crippen molar-refractivity contribution < 1.29 is 9.53 Å². The second kappa shape index (κ2) is 11.4. The Morgan fingerprint density at radius 3 is 2.62 bits per heavy atom. The number of pyridine rings is 1. The standard InChI is InChI=1S/C24H40N6O2/c1-5-25-22(29-17-15-28(16-18-29)21-10-6-7-12-26-21)27-13-11-20-9-8-14-30(19-20)23(31)32-24(2,3)4/h6-7,10,12,20H,5,8-9,11,13-19H2,1-4H3,(H,25,27). The van der Waals surface area contributed by atoms with Crippen molar-refractivity contribution in [1.29, 1.82) is 0 Å². The Morgan fingerprint density at radius 1 is 1.19 bits per heavy atom. The summed E-state index contributed by atoms with van der Waals surface area (Å²) in [5.41, 5.74) is -0.449. The van der Waals surface area contributed by atoms with Gasteiger partial charge < -0.3 is 24.8 Å². The lowest BCUT2D eigenvalue weighted by Gasteiger charge is -2.37. The molecule has 0 aliphatic carbocycles. The fourth-order valence-corrected chi connectivity index (χ4v) is 4.26. The lowest BCUT2D eigenvalue weighted by Crippen LogP contribution is -2.52. The van der Waals surface area contributed by atoms with Crippen LogP contribution in [0.15, 0.2) is 29.4 Å². The molecular formula is C24H40N6O2. The minimum Gasteiger partial charge on any atom is -0.444 e. The Kier molecular flexibility index (Phi) is 8.59. The Labute approximate surface area is 193 Å². The maximum Gasteiger partial charge on any atom is 0.410 e. The van der Waals surface area contributed by atoms with Crippen LogP contribution in [0.2, 0.25) is 0 Å². The van der Waals surface area contributed by atoms with Gasteiger partial charge in [-0.1, -0.05) is 6.07 Å². The van der Waals surface area contributed by atoms with Gasteiger partial charge in [-0.25, -0.2) is 9.78 Å². The average Bonchev–Trinajstić information content (AvgIpc) is 2.78. The molecule has 1 aromatic heterocycles. The maximum absolute atomic E-state index is 12.4. The van der Waals surface area contributed by atoms with Gasteiger partial charge in [-0.2, -0.15) is 0 Å². The zero-order valence-corrected chi connectivity index (χ0v) is 20.2. The second-order valence-corrected chi connectivity index (χ2v) is 9.62. The number of carbonyl (C=O) groups excluding carboxylic acids is 1. The predicted octanol–water partition coefficient (Wildman–Crippen LogP) is 3.21. The van der Waals surface area contributed by atoms with Crippen LogP contribution in [0.25, 0.3) is 0 Å². The first-order chi connectivity index (χ1) is 15.4. The number of aliphatic imine (C=N–C) groups is 1. The van der Waals surface area contributed by atoms with Crippen molar-refractivity contribution in [2.24, 2.45) is 10.9 Å². The maximum atomic E-state index is 12.4. The highest BCUT2D eigenvalue weighted by molar-refractivity contribution is 5.80. The molecule has 2 aliphatic rings. The molecule has 2 aliphatic heterocycles. The largest absolute Gasteiger partial charge is 0.444 e. The molecule has 178 valence electrons. The molecule has 1 amide bonds. The molecule has 0 radical (unpaired) electrons. The van der Waals surface area contributed by atoms with E-state index in [-0.39, 0.29) is 6.09 Å². The number of nitrogens with zero attached hydrogens (tertiary/aromatic N) is 5. The molecule has 1 unspecified atom stereocenters. The lowest BCUT2D eigenvalue weighted by molar-refractivity contribution is 0.0163. The molecule has 1 N–H and O–H groups in total. The van der Waals surface area contributed by atoms with E-state index in [0.717, 1.165) is 83.4 Å². The van der Waals surface area contributed by atoms with Gasteiger partial charge in [-0.05, 0) is 65.0 Å². The van der Waals surface area contributed by atoms with Crippen LogP contribution in [0, 0.1) is 5.92 Å². The van der Waals surface area contributed by atoms with Crippen LogP contribution in [-0.4, -0.2) is 84.8 Å². The Balaban J connectivity index is 1.48. The molecule has 1 aromatic rings. The number of hydrogen-bond acceptors (Lipinski definition) is 5. The first-order valence-corrected chi connectivity index (χ1v) is 12.0. The van der Waals surface area contributed by atoms with Crippen LogP contribution in [0.4, 0.5) is 10.6 Å².